The van der Waals surface area contributed by atoms with Gasteiger partial charge < -0.3 is 10.2 Å². The Bertz CT molecular complexity index is 208. The average Bonchev–Trinajstić information content (AvgIpc) is 2.06. The maximum atomic E-state index is 9.60. The molecule has 0 bridgehead atoms. The van der Waals surface area contributed by atoms with Gasteiger partial charge in [-0.05, 0) is 19.4 Å². The number of hydrogen-bond donors (Lipinski definition) is 2. The summed E-state index contributed by atoms with van der Waals surface area (Å²) in [6.45, 7) is 12.3. The topological polar surface area (TPSA) is 74.6 Å². The highest BCUT2D eigenvalue weighted by Crippen LogP contribution is 1.81. The van der Waals surface area contributed by atoms with Gasteiger partial charge in [0.25, 0.3) is 0 Å². The van der Waals surface area contributed by atoms with Crippen LogP contribution in [-0.2, 0) is 9.59 Å². The van der Waals surface area contributed by atoms with E-state index >= 15 is 0 Å². The second kappa shape index (κ2) is 12.4. The third-order valence-corrected chi connectivity index (χ3v) is 0.730. The van der Waals surface area contributed by atoms with Gasteiger partial charge in [-0.1, -0.05) is 31.3 Å². The van der Waals surface area contributed by atoms with Gasteiger partial charge in [-0.25, -0.2) is 9.59 Å². The highest BCUT2D eigenvalue weighted by Gasteiger charge is 1.90. The molecule has 0 amide bonds. The molecule has 0 aliphatic rings. The van der Waals surface area contributed by atoms with Crippen LogP contribution in [0.5, 0.6) is 0 Å². The third kappa shape index (κ3) is 32.7. The van der Waals surface area contributed by atoms with E-state index in [1.165, 1.54) is 19.4 Å². The first kappa shape index (κ1) is 19.1. The van der Waals surface area contributed by atoms with E-state index in [2.05, 4.69) is 19.7 Å². The van der Waals surface area contributed by atoms with Crippen molar-refractivity contribution in [1.29, 1.82) is 0 Å². The molecule has 0 saturated carbocycles. The Balaban J connectivity index is -0.000000153. The van der Waals surface area contributed by atoms with Gasteiger partial charge >= 0.3 is 11.9 Å². The molecular formula is C10H15ClO4. The lowest BCUT2D eigenvalue weighted by atomic mass is 10.4. The van der Waals surface area contributed by atoms with Crippen LogP contribution in [0, 0.1) is 0 Å². The van der Waals surface area contributed by atoms with Crippen LogP contribution >= 0.6 is 11.6 Å². The number of carboxylic acids is 2. The molecule has 0 aromatic carbocycles. The lowest BCUT2D eigenvalue weighted by Crippen LogP contribution is -1.92. The Hall–Kier alpha value is -1.55. The first-order chi connectivity index (χ1) is 6.70. The largest absolute Gasteiger partial charge is 0.478 e. The molecule has 0 spiro atoms. The number of rotatable bonds is 2. The fraction of sp³-hybridized carbons (Fsp3) is 0.200. The van der Waals surface area contributed by atoms with Crippen LogP contribution in [0.2, 0.25) is 0 Å². The van der Waals surface area contributed by atoms with Gasteiger partial charge in [0.15, 0.2) is 0 Å². The molecule has 4 nitrogen and oxygen atoms in total. The fourth-order valence-electron chi connectivity index (χ4n) is 0. The molecule has 0 atom stereocenters. The Kier molecular flexibility index (Phi) is 15.8. The molecule has 0 heterocycles. The molecule has 5 heteroatoms. The molecule has 0 aromatic heterocycles. The van der Waals surface area contributed by atoms with E-state index in [9.17, 15) is 9.59 Å². The van der Waals surface area contributed by atoms with E-state index in [0.29, 0.717) is 0 Å². The molecule has 0 radical (unpaired) electrons. The van der Waals surface area contributed by atoms with Gasteiger partial charge in [-0.3, -0.25) is 0 Å². The molecule has 2 N–H and O–H groups in total. The maximum Gasteiger partial charge on any atom is 0.330 e. The summed E-state index contributed by atoms with van der Waals surface area (Å²) in [7, 11) is 0. The van der Waals surface area contributed by atoms with Crippen molar-refractivity contribution in [2.75, 3.05) is 0 Å². The van der Waals surface area contributed by atoms with Crippen LogP contribution in [0.3, 0.4) is 0 Å². The molecule has 0 rings (SSSR count). The van der Waals surface area contributed by atoms with Crippen LogP contribution in [0.1, 0.15) is 13.8 Å². The minimum Gasteiger partial charge on any atom is -0.478 e. The van der Waals surface area contributed by atoms with Gasteiger partial charge in [-0.2, -0.15) is 0 Å². The highest BCUT2D eigenvalue weighted by molar-refractivity contribution is 6.25. The molecule has 0 saturated heterocycles. The summed E-state index contributed by atoms with van der Waals surface area (Å²) in [5.74, 6) is -1.87. The van der Waals surface area contributed by atoms with Crippen molar-refractivity contribution < 1.29 is 19.8 Å². The summed E-state index contributed by atoms with van der Waals surface area (Å²) in [5, 5.41) is 15.8. The van der Waals surface area contributed by atoms with E-state index in [4.69, 9.17) is 21.8 Å². The highest BCUT2D eigenvalue weighted by atomic mass is 35.5. The minimum absolute atomic E-state index is 0.176. The van der Waals surface area contributed by atoms with Gasteiger partial charge in [0.2, 0.25) is 0 Å². The molecule has 15 heavy (non-hydrogen) atoms. The van der Waals surface area contributed by atoms with E-state index < -0.39 is 11.9 Å². The molecule has 0 unspecified atom stereocenters. The van der Waals surface area contributed by atoms with Crippen LogP contribution < -0.4 is 0 Å². The van der Waals surface area contributed by atoms with Crippen molar-refractivity contribution in [1.82, 2.24) is 0 Å². The van der Waals surface area contributed by atoms with E-state index in [1.807, 2.05) is 0 Å². The average molecular weight is 235 g/mol. The zero-order valence-corrected chi connectivity index (χ0v) is 9.54. The molecular weight excluding hydrogens is 220 g/mol. The van der Waals surface area contributed by atoms with Crippen LogP contribution in [0.4, 0.5) is 0 Å². The smallest absolute Gasteiger partial charge is 0.330 e. The second-order valence-electron chi connectivity index (χ2n) is 2.33. The minimum atomic E-state index is -0.935. The summed E-state index contributed by atoms with van der Waals surface area (Å²) in [6, 6.07) is 0. The fourth-order valence-corrected chi connectivity index (χ4v) is 0. The predicted octanol–water partition coefficient (Wildman–Crippen LogP) is 2.66. The lowest BCUT2D eigenvalue weighted by molar-refractivity contribution is -0.133. The number of carbonyl (C=O) groups is 2. The van der Waals surface area contributed by atoms with E-state index in [1.54, 1.807) is 0 Å². The summed E-state index contributed by atoms with van der Waals surface area (Å²) in [4.78, 5) is 19.2. The van der Waals surface area contributed by atoms with Crippen molar-refractivity contribution in [3.63, 3.8) is 0 Å². The van der Waals surface area contributed by atoms with E-state index in [-0.39, 0.29) is 11.1 Å². The number of halogens is 1. The summed E-state index contributed by atoms with van der Waals surface area (Å²) >= 11 is 4.76. The molecule has 0 aliphatic carbocycles. The van der Waals surface area contributed by atoms with Crippen molar-refractivity contribution >= 4 is 23.5 Å². The lowest BCUT2D eigenvalue weighted by Gasteiger charge is -1.79. The molecule has 0 aliphatic heterocycles. The number of aliphatic carboxylic acids is 2. The van der Waals surface area contributed by atoms with Crippen molar-refractivity contribution in [3.05, 3.63) is 36.4 Å². The monoisotopic (exact) mass is 234 g/mol. The first-order valence-electron chi connectivity index (χ1n) is 3.69. The Labute approximate surface area is 94.2 Å². The number of carboxylic acid groups (broad SMARTS) is 2. The first-order valence-corrected chi connectivity index (χ1v) is 4.13. The van der Waals surface area contributed by atoms with Gasteiger partial charge in [0.1, 0.15) is 0 Å². The zero-order chi connectivity index (χ0) is 13.0. The summed E-state index contributed by atoms with van der Waals surface area (Å²) in [5.41, 5.74) is 1.57. The van der Waals surface area contributed by atoms with Crippen LogP contribution in [-0.4, -0.2) is 22.2 Å². The molecule has 0 fully saturated rings. The summed E-state index contributed by atoms with van der Waals surface area (Å²) in [6.07, 6.45) is 0. The normalized spacial score (nSPS) is 6.87. The zero-order valence-electron chi connectivity index (χ0n) is 8.79. The Morgan fingerprint density at radius 3 is 1.13 bits per heavy atom. The van der Waals surface area contributed by atoms with Crippen molar-refractivity contribution in [2.24, 2.45) is 0 Å². The Morgan fingerprint density at radius 1 is 1.07 bits per heavy atom. The molecule has 0 aromatic rings. The van der Waals surface area contributed by atoms with Crippen LogP contribution in [0.15, 0.2) is 36.4 Å². The van der Waals surface area contributed by atoms with E-state index in [0.717, 1.165) is 0 Å². The Morgan fingerprint density at radius 2 is 1.13 bits per heavy atom. The standard InChI is InChI=1S/2C4H6O2.C2H3Cl/c2*1-3(2)4(5)6;1-2-3/h2*1H2,2H3,(H,5,6);2H,1H2. The van der Waals surface area contributed by atoms with Gasteiger partial charge in [0, 0.05) is 11.1 Å². The summed E-state index contributed by atoms with van der Waals surface area (Å²) < 4.78 is 0. The van der Waals surface area contributed by atoms with Crippen molar-refractivity contribution in [3.8, 4) is 0 Å². The second-order valence-corrected chi connectivity index (χ2v) is 2.63. The van der Waals surface area contributed by atoms with Crippen LogP contribution in [0.25, 0.3) is 0 Å². The molecule has 86 valence electrons. The quantitative estimate of drug-likeness (QED) is 0.721. The maximum absolute atomic E-state index is 9.60. The van der Waals surface area contributed by atoms with Crippen molar-refractivity contribution in [2.45, 2.75) is 13.8 Å². The third-order valence-electron chi connectivity index (χ3n) is 0.730. The van der Waals surface area contributed by atoms with Gasteiger partial charge in [-0.15, -0.1) is 0 Å². The predicted molar refractivity (Wildman–Crippen MR) is 60.9 cm³/mol. The number of hydrogen-bond acceptors (Lipinski definition) is 2. The van der Waals surface area contributed by atoms with Gasteiger partial charge in [0.05, 0.1) is 0 Å². The SMILES string of the molecule is C=C(C)C(=O)O.C=C(C)C(=O)O.C=CCl.